The summed E-state index contributed by atoms with van der Waals surface area (Å²) >= 11 is 2.39. The van der Waals surface area contributed by atoms with Gasteiger partial charge in [-0.25, -0.2) is 4.79 Å². The highest BCUT2D eigenvalue weighted by atomic mass is 127. The highest BCUT2D eigenvalue weighted by molar-refractivity contribution is 14.1. The molecule has 0 unspecified atom stereocenters. The zero-order valence-electron chi connectivity index (χ0n) is 17.0. The fraction of sp³-hybridized carbons (Fsp3) is 0.682. The lowest BCUT2D eigenvalue weighted by molar-refractivity contribution is 0.00796. The van der Waals surface area contributed by atoms with Crippen molar-refractivity contribution in [1.82, 2.24) is 14.5 Å². The van der Waals surface area contributed by atoms with Crippen molar-refractivity contribution in [3.05, 3.63) is 33.7 Å². The van der Waals surface area contributed by atoms with Gasteiger partial charge in [0.15, 0.2) is 0 Å². The largest absolute Gasteiger partial charge is 0.379 e. The number of benzene rings is 1. The molecule has 0 bridgehead atoms. The topological polar surface area (TPSA) is 50.3 Å². The number of halogens is 1. The number of hydrogen-bond acceptors (Lipinski definition) is 3. The molecule has 1 N–H and O–H groups in total. The van der Waals surface area contributed by atoms with Crippen LogP contribution in [0.2, 0.25) is 0 Å². The number of rotatable bonds is 5. The van der Waals surface area contributed by atoms with Crippen LogP contribution in [0.15, 0.2) is 16.9 Å². The first-order valence-corrected chi connectivity index (χ1v) is 12.3. The summed E-state index contributed by atoms with van der Waals surface area (Å²) in [4.78, 5) is 18.5. The van der Waals surface area contributed by atoms with Crippen LogP contribution >= 0.6 is 22.6 Å². The average molecular weight is 497 g/mol. The number of aryl methyl sites for hydroxylation is 1. The number of H-pyrrole nitrogens is 1. The molecule has 1 aromatic carbocycles. The molecule has 6 heteroatoms. The number of fused-ring (bicyclic) bond motifs is 1. The van der Waals surface area contributed by atoms with Gasteiger partial charge in [-0.05, 0) is 75.6 Å². The summed E-state index contributed by atoms with van der Waals surface area (Å²) in [6, 6.07) is 5.36. The Balaban J connectivity index is 1.44. The molecule has 4 rings (SSSR count). The minimum Gasteiger partial charge on any atom is -0.379 e. The molecule has 2 fully saturated rings. The Hall–Kier alpha value is -0.860. The van der Waals surface area contributed by atoms with Crippen LogP contribution in [-0.2, 0) is 9.16 Å². The Labute approximate surface area is 181 Å². The van der Waals surface area contributed by atoms with Crippen molar-refractivity contribution in [1.29, 1.82) is 0 Å². The van der Waals surface area contributed by atoms with Gasteiger partial charge in [-0.3, -0.25) is 4.57 Å². The molecule has 1 aromatic heterocycles. The second-order valence-corrected chi connectivity index (χ2v) is 9.15. The molecule has 1 saturated carbocycles. The highest BCUT2D eigenvalue weighted by Gasteiger charge is 2.30. The van der Waals surface area contributed by atoms with Crippen LogP contribution in [0.4, 0.5) is 0 Å². The summed E-state index contributed by atoms with van der Waals surface area (Å²) in [7, 11) is 0. The van der Waals surface area contributed by atoms with Gasteiger partial charge in [0.2, 0.25) is 0 Å². The fourth-order valence-electron chi connectivity index (χ4n) is 5.15. The Morgan fingerprint density at radius 3 is 2.46 bits per heavy atom. The van der Waals surface area contributed by atoms with Gasteiger partial charge in [0.25, 0.3) is 0 Å². The molecule has 28 heavy (non-hydrogen) atoms. The van der Waals surface area contributed by atoms with Gasteiger partial charge in [-0.1, -0.05) is 22.6 Å². The van der Waals surface area contributed by atoms with Gasteiger partial charge < -0.3 is 14.6 Å². The van der Waals surface area contributed by atoms with E-state index in [9.17, 15) is 4.79 Å². The smallest absolute Gasteiger partial charge is 0.326 e. The van der Waals surface area contributed by atoms with Crippen LogP contribution in [0.1, 0.15) is 62.6 Å². The molecule has 1 aliphatic carbocycles. The van der Waals surface area contributed by atoms with Crippen LogP contribution < -0.4 is 5.69 Å². The van der Waals surface area contributed by atoms with Crippen molar-refractivity contribution >= 4 is 33.6 Å². The van der Waals surface area contributed by atoms with Crippen LogP contribution in [0.25, 0.3) is 11.0 Å². The molecule has 2 aromatic rings. The van der Waals surface area contributed by atoms with Crippen LogP contribution in [0.5, 0.6) is 0 Å². The molecule has 0 radical (unpaired) electrons. The maximum Gasteiger partial charge on any atom is 0.326 e. The summed E-state index contributed by atoms with van der Waals surface area (Å²) in [5.74, 6) is 0. The monoisotopic (exact) mass is 497 g/mol. The summed E-state index contributed by atoms with van der Waals surface area (Å²) in [5.41, 5.74) is 4.69. The van der Waals surface area contributed by atoms with Crippen molar-refractivity contribution in [3.63, 3.8) is 0 Å². The van der Waals surface area contributed by atoms with Gasteiger partial charge in [0.05, 0.1) is 17.1 Å². The summed E-state index contributed by atoms with van der Waals surface area (Å²) in [6.07, 6.45) is 7.48. The van der Waals surface area contributed by atoms with E-state index >= 15 is 0 Å². The molecule has 1 saturated heterocycles. The predicted octanol–water partition coefficient (Wildman–Crippen LogP) is 4.56. The predicted molar refractivity (Wildman–Crippen MR) is 123 cm³/mol. The Morgan fingerprint density at radius 1 is 1.11 bits per heavy atom. The van der Waals surface area contributed by atoms with Crippen molar-refractivity contribution < 1.29 is 4.74 Å². The molecule has 0 spiro atoms. The number of hydrogen-bond donors (Lipinski definition) is 1. The van der Waals surface area contributed by atoms with E-state index in [1.165, 1.54) is 36.8 Å². The lowest BCUT2D eigenvalue weighted by atomic mass is 9.90. The van der Waals surface area contributed by atoms with Crippen LogP contribution in [-0.4, -0.2) is 46.3 Å². The van der Waals surface area contributed by atoms with Crippen LogP contribution in [0, 0.1) is 6.92 Å². The second kappa shape index (κ2) is 8.88. The third kappa shape index (κ3) is 4.05. The first kappa shape index (κ1) is 20.4. The molecule has 2 aliphatic rings. The molecular weight excluding hydrogens is 465 g/mol. The van der Waals surface area contributed by atoms with Crippen molar-refractivity contribution in [3.8, 4) is 0 Å². The summed E-state index contributed by atoms with van der Waals surface area (Å²) < 4.78 is 8.80. The molecule has 1 aliphatic heterocycles. The van der Waals surface area contributed by atoms with E-state index in [1.807, 2.05) is 4.57 Å². The quantitative estimate of drug-likeness (QED) is 0.487. The number of likely N-dealkylation sites (tertiary alicyclic amines) is 1. The number of nitrogens with one attached hydrogen (secondary N) is 1. The van der Waals surface area contributed by atoms with E-state index in [0.717, 1.165) is 48.0 Å². The minimum atomic E-state index is 0.0516. The number of imidazole rings is 1. The molecule has 2 heterocycles. The standard InChI is InChI=1S/C22H32IN3O2/c1-3-28-19-6-4-17(5-7-19)25-10-8-18(9-11-25)26-21-12-15(2)16(14-23)13-20(21)24-22(26)27/h12-13,17-19H,3-11,14H2,1-2H3,(H,24,27). The maximum atomic E-state index is 12.7. The summed E-state index contributed by atoms with van der Waals surface area (Å²) in [6.45, 7) is 7.26. The molecule has 0 amide bonds. The Kier molecular flexibility index (Phi) is 6.47. The van der Waals surface area contributed by atoms with Gasteiger partial charge in [-0.2, -0.15) is 0 Å². The first-order valence-electron chi connectivity index (χ1n) is 10.8. The van der Waals surface area contributed by atoms with Crippen molar-refractivity contribution in [2.45, 2.75) is 75.0 Å². The number of aromatic nitrogens is 2. The van der Waals surface area contributed by atoms with Crippen LogP contribution in [0.3, 0.4) is 0 Å². The first-order chi connectivity index (χ1) is 13.6. The van der Waals surface area contributed by atoms with E-state index in [0.29, 0.717) is 18.2 Å². The lowest BCUT2D eigenvalue weighted by Gasteiger charge is -2.41. The zero-order valence-corrected chi connectivity index (χ0v) is 19.2. The second-order valence-electron chi connectivity index (χ2n) is 8.38. The molecular formula is C22H32IN3O2. The Morgan fingerprint density at radius 2 is 1.82 bits per heavy atom. The van der Waals surface area contributed by atoms with E-state index < -0.39 is 0 Å². The minimum absolute atomic E-state index is 0.0516. The number of ether oxygens (including phenoxy) is 1. The van der Waals surface area contributed by atoms with Crippen molar-refractivity contribution in [2.75, 3.05) is 19.7 Å². The van der Waals surface area contributed by atoms with Gasteiger partial charge >= 0.3 is 5.69 Å². The summed E-state index contributed by atoms with van der Waals surface area (Å²) in [5, 5.41) is 0. The maximum absolute atomic E-state index is 12.7. The van der Waals surface area contributed by atoms with Crippen molar-refractivity contribution in [2.24, 2.45) is 0 Å². The highest BCUT2D eigenvalue weighted by Crippen LogP contribution is 2.31. The average Bonchev–Trinajstić information content (AvgIpc) is 3.03. The number of piperidine rings is 1. The molecule has 5 nitrogen and oxygen atoms in total. The van der Waals surface area contributed by atoms with E-state index in [2.05, 4.69) is 58.5 Å². The van der Waals surface area contributed by atoms with E-state index in [1.54, 1.807) is 0 Å². The van der Waals surface area contributed by atoms with Gasteiger partial charge in [0, 0.05) is 36.2 Å². The number of alkyl halides is 1. The number of nitrogens with zero attached hydrogens (tertiary/aromatic N) is 2. The fourth-order valence-corrected chi connectivity index (χ4v) is 5.97. The van der Waals surface area contributed by atoms with E-state index in [-0.39, 0.29) is 5.69 Å². The number of aromatic amines is 1. The molecule has 154 valence electrons. The lowest BCUT2D eigenvalue weighted by Crippen LogP contribution is -2.45. The molecule has 0 atom stereocenters. The van der Waals surface area contributed by atoms with Gasteiger partial charge in [-0.15, -0.1) is 0 Å². The Bertz CT molecular complexity index is 859. The third-order valence-corrected chi connectivity index (χ3v) is 7.57. The van der Waals surface area contributed by atoms with Gasteiger partial charge in [0.1, 0.15) is 0 Å². The normalized spacial score (nSPS) is 24.8. The zero-order chi connectivity index (χ0) is 19.7. The SMILES string of the molecule is CCOC1CCC(N2CCC(n3c(=O)[nH]c4cc(CI)c(C)cc43)CC2)CC1. The third-order valence-electron chi connectivity index (χ3n) is 6.74. The van der Waals surface area contributed by atoms with E-state index in [4.69, 9.17) is 4.74 Å².